The van der Waals surface area contributed by atoms with E-state index in [4.69, 9.17) is 9.72 Å². The zero-order valence-corrected chi connectivity index (χ0v) is 17.2. The van der Waals surface area contributed by atoms with Crippen LogP contribution in [0.5, 0.6) is 5.75 Å². The molecule has 0 unspecified atom stereocenters. The van der Waals surface area contributed by atoms with Gasteiger partial charge >= 0.3 is 0 Å². The van der Waals surface area contributed by atoms with E-state index in [1.807, 2.05) is 60.0 Å². The van der Waals surface area contributed by atoms with E-state index < -0.39 is 0 Å². The second-order valence-electron chi connectivity index (χ2n) is 6.04. The number of aromatic nitrogens is 3. The van der Waals surface area contributed by atoms with Crippen LogP contribution in [0.2, 0.25) is 0 Å². The van der Waals surface area contributed by atoms with Gasteiger partial charge in [0, 0.05) is 22.7 Å². The second-order valence-corrected chi connectivity index (χ2v) is 7.90. The highest BCUT2D eigenvalue weighted by molar-refractivity contribution is 8.00. The fourth-order valence-corrected chi connectivity index (χ4v) is 4.10. The lowest BCUT2D eigenvalue weighted by atomic mass is 10.2. The lowest BCUT2D eigenvalue weighted by Crippen LogP contribution is -2.13. The number of H-pyrrole nitrogens is 1. The Morgan fingerprint density at radius 3 is 2.76 bits per heavy atom. The van der Waals surface area contributed by atoms with Crippen molar-refractivity contribution in [2.75, 3.05) is 18.2 Å². The Kier molecular flexibility index (Phi) is 5.92. The highest BCUT2D eigenvalue weighted by Gasteiger charge is 2.16. The van der Waals surface area contributed by atoms with Gasteiger partial charge in [-0.1, -0.05) is 54.2 Å². The Bertz CT molecular complexity index is 1100. The molecule has 0 atom stereocenters. The minimum atomic E-state index is -0.116. The molecule has 6 nitrogen and oxygen atoms in total. The number of thiazole rings is 1. The van der Waals surface area contributed by atoms with Crippen LogP contribution in [-0.2, 0) is 4.79 Å². The van der Waals surface area contributed by atoms with Gasteiger partial charge in [0.15, 0.2) is 5.13 Å². The third kappa shape index (κ3) is 4.67. The van der Waals surface area contributed by atoms with Crippen LogP contribution in [0.3, 0.4) is 0 Å². The van der Waals surface area contributed by atoms with Gasteiger partial charge in [-0.2, -0.15) is 0 Å². The summed E-state index contributed by atoms with van der Waals surface area (Å²) in [4.78, 5) is 24.5. The van der Waals surface area contributed by atoms with Gasteiger partial charge in [-0.3, -0.25) is 4.79 Å². The number of carbonyl (C=O) groups is 1. The van der Waals surface area contributed by atoms with E-state index in [0.717, 1.165) is 33.4 Å². The van der Waals surface area contributed by atoms with E-state index in [9.17, 15) is 4.79 Å². The number of hydrogen-bond acceptors (Lipinski definition) is 6. The van der Waals surface area contributed by atoms with Crippen LogP contribution in [0.4, 0.5) is 5.13 Å². The number of aromatic amines is 1. The zero-order valence-electron chi connectivity index (χ0n) is 15.6. The minimum Gasteiger partial charge on any atom is -0.497 e. The maximum Gasteiger partial charge on any atom is 0.236 e. The predicted octanol–water partition coefficient (Wildman–Crippen LogP) is 4.94. The first-order valence-electron chi connectivity index (χ1n) is 8.85. The van der Waals surface area contributed by atoms with Gasteiger partial charge in [0.2, 0.25) is 5.91 Å². The molecule has 2 N–H and O–H groups in total. The number of methoxy groups -OCH3 is 1. The molecular weight excluding hydrogens is 404 g/mol. The predicted molar refractivity (Wildman–Crippen MR) is 117 cm³/mol. The number of carbonyl (C=O) groups excluding carboxylic acids is 1. The summed E-state index contributed by atoms with van der Waals surface area (Å²) in [6.07, 6.45) is 1.66. The number of imidazole rings is 1. The molecule has 2 heterocycles. The molecule has 29 heavy (non-hydrogen) atoms. The molecular formula is C21H18N4O2S2. The summed E-state index contributed by atoms with van der Waals surface area (Å²) in [7, 11) is 1.64. The Labute approximate surface area is 176 Å². The van der Waals surface area contributed by atoms with Crippen LogP contribution in [0.1, 0.15) is 0 Å². The lowest BCUT2D eigenvalue weighted by molar-refractivity contribution is -0.113. The second kappa shape index (κ2) is 8.93. The van der Waals surface area contributed by atoms with E-state index >= 15 is 0 Å². The molecule has 146 valence electrons. The Morgan fingerprint density at radius 2 is 2.00 bits per heavy atom. The molecule has 1 amide bonds. The summed E-state index contributed by atoms with van der Waals surface area (Å²) < 4.78 is 5.32. The molecule has 0 bridgehead atoms. The van der Waals surface area contributed by atoms with E-state index in [2.05, 4.69) is 15.3 Å². The van der Waals surface area contributed by atoms with Crippen molar-refractivity contribution in [1.82, 2.24) is 15.0 Å². The van der Waals surface area contributed by atoms with Crippen molar-refractivity contribution in [1.29, 1.82) is 0 Å². The number of hydrogen-bond donors (Lipinski definition) is 2. The molecule has 2 aromatic heterocycles. The van der Waals surface area contributed by atoms with Crippen molar-refractivity contribution in [2.45, 2.75) is 5.03 Å². The number of amides is 1. The van der Waals surface area contributed by atoms with Gasteiger partial charge in [-0.25, -0.2) is 9.97 Å². The molecule has 0 saturated heterocycles. The van der Waals surface area contributed by atoms with Crippen LogP contribution in [0.25, 0.3) is 22.6 Å². The van der Waals surface area contributed by atoms with E-state index in [1.165, 1.54) is 23.1 Å². The molecule has 0 aliphatic rings. The standard InChI is InChI=1S/C21H18N4O2S2/c1-27-16-9-5-8-15(12-16)19-24-18(14-6-3-2-4-7-14)20(25-19)29-13-17(26)23-21-22-10-11-28-21/h2-12H,13H2,1H3,(H,24,25)(H,22,23,26). The fourth-order valence-electron chi connectivity index (χ4n) is 2.74. The van der Waals surface area contributed by atoms with Crippen molar-refractivity contribution in [2.24, 2.45) is 0 Å². The van der Waals surface area contributed by atoms with Crippen LogP contribution in [0, 0.1) is 0 Å². The Hall–Kier alpha value is -3.10. The van der Waals surface area contributed by atoms with E-state index in [-0.39, 0.29) is 11.7 Å². The molecule has 0 aliphatic heterocycles. The van der Waals surface area contributed by atoms with Crippen LogP contribution in [0.15, 0.2) is 71.2 Å². The molecule has 2 aromatic carbocycles. The molecule has 8 heteroatoms. The molecule has 0 spiro atoms. The first-order valence-corrected chi connectivity index (χ1v) is 10.7. The molecule has 0 aliphatic carbocycles. The average molecular weight is 423 g/mol. The van der Waals surface area contributed by atoms with Crippen LogP contribution < -0.4 is 10.1 Å². The first-order chi connectivity index (χ1) is 14.2. The maximum absolute atomic E-state index is 12.3. The van der Waals surface area contributed by atoms with Gasteiger partial charge in [0.25, 0.3) is 0 Å². The number of thioether (sulfide) groups is 1. The number of ether oxygens (including phenoxy) is 1. The molecule has 4 aromatic rings. The summed E-state index contributed by atoms with van der Waals surface area (Å²) in [6, 6.07) is 17.7. The number of rotatable bonds is 7. The Balaban J connectivity index is 1.60. The molecule has 4 rings (SSSR count). The molecule has 0 radical (unpaired) electrons. The SMILES string of the molecule is COc1cccc(-c2nc(SCC(=O)Nc3nccs3)c(-c3ccccc3)[nH]2)c1. The first kappa shape index (κ1) is 19.2. The van der Waals surface area contributed by atoms with Gasteiger partial charge < -0.3 is 15.0 Å². The van der Waals surface area contributed by atoms with Gasteiger partial charge in [-0.15, -0.1) is 11.3 Å². The number of anilines is 1. The highest BCUT2D eigenvalue weighted by atomic mass is 32.2. The smallest absolute Gasteiger partial charge is 0.236 e. The van der Waals surface area contributed by atoms with Crippen molar-refractivity contribution >= 4 is 34.1 Å². The minimum absolute atomic E-state index is 0.116. The van der Waals surface area contributed by atoms with E-state index in [0.29, 0.717) is 5.13 Å². The number of nitrogens with one attached hydrogen (secondary N) is 2. The van der Waals surface area contributed by atoms with E-state index in [1.54, 1.807) is 13.3 Å². The average Bonchev–Trinajstić information content (AvgIpc) is 3.43. The van der Waals surface area contributed by atoms with Crippen molar-refractivity contribution in [3.05, 3.63) is 66.2 Å². The summed E-state index contributed by atoms with van der Waals surface area (Å²) >= 11 is 2.78. The molecule has 0 saturated carbocycles. The summed E-state index contributed by atoms with van der Waals surface area (Å²) in [5.41, 5.74) is 2.81. The Morgan fingerprint density at radius 1 is 1.17 bits per heavy atom. The van der Waals surface area contributed by atoms with Crippen molar-refractivity contribution < 1.29 is 9.53 Å². The monoisotopic (exact) mass is 422 g/mol. The maximum atomic E-state index is 12.3. The highest BCUT2D eigenvalue weighted by Crippen LogP contribution is 2.33. The fraction of sp³-hybridized carbons (Fsp3) is 0.0952. The van der Waals surface area contributed by atoms with Gasteiger partial charge in [0.1, 0.15) is 16.6 Å². The lowest BCUT2D eigenvalue weighted by Gasteiger charge is -2.03. The molecule has 0 fully saturated rings. The topological polar surface area (TPSA) is 79.9 Å². The largest absolute Gasteiger partial charge is 0.497 e. The van der Waals surface area contributed by atoms with Gasteiger partial charge in [-0.05, 0) is 12.1 Å². The third-order valence-corrected chi connectivity index (χ3v) is 5.76. The number of nitrogens with zero attached hydrogens (tertiary/aromatic N) is 2. The zero-order chi connectivity index (χ0) is 20.1. The third-order valence-electron chi connectivity index (χ3n) is 4.09. The van der Waals surface area contributed by atoms with Crippen LogP contribution >= 0.6 is 23.1 Å². The number of benzene rings is 2. The van der Waals surface area contributed by atoms with Gasteiger partial charge in [0.05, 0.1) is 18.6 Å². The normalized spacial score (nSPS) is 10.7. The van der Waals surface area contributed by atoms with Crippen LogP contribution in [-0.4, -0.2) is 33.7 Å². The van der Waals surface area contributed by atoms with Crippen molar-refractivity contribution in [3.63, 3.8) is 0 Å². The van der Waals surface area contributed by atoms with Crippen molar-refractivity contribution in [3.8, 4) is 28.4 Å². The summed E-state index contributed by atoms with van der Waals surface area (Å²) in [5, 5.41) is 5.98. The summed E-state index contributed by atoms with van der Waals surface area (Å²) in [5.74, 6) is 1.61. The summed E-state index contributed by atoms with van der Waals surface area (Å²) in [6.45, 7) is 0. The quantitative estimate of drug-likeness (QED) is 0.412.